The maximum absolute atomic E-state index is 11.6. The standard InChI is InChI=1S/C19H23NO3/c1-2-18(20-23-14-16-11-7-4-8-12-16)17(19(21)22)13-15-9-5-3-6-10-15/h3-12,17-18,20H,2,13-14H2,1H3,(H,21,22)/t17-,18+/m1/s1. The van der Waals surface area contributed by atoms with Crippen LogP contribution in [0.1, 0.15) is 24.5 Å². The van der Waals surface area contributed by atoms with Crippen molar-refractivity contribution in [1.82, 2.24) is 5.48 Å². The maximum atomic E-state index is 11.6. The second-order valence-electron chi connectivity index (χ2n) is 5.54. The van der Waals surface area contributed by atoms with Gasteiger partial charge in [-0.1, -0.05) is 67.6 Å². The van der Waals surface area contributed by atoms with Crippen LogP contribution in [0.15, 0.2) is 60.7 Å². The largest absolute Gasteiger partial charge is 0.481 e. The van der Waals surface area contributed by atoms with Gasteiger partial charge >= 0.3 is 5.97 Å². The summed E-state index contributed by atoms with van der Waals surface area (Å²) in [6.07, 6.45) is 1.16. The Hall–Kier alpha value is -2.17. The predicted octanol–water partition coefficient (Wildman–Crippen LogP) is 3.43. The van der Waals surface area contributed by atoms with Crippen LogP contribution in [0.2, 0.25) is 0 Å². The van der Waals surface area contributed by atoms with Crippen molar-refractivity contribution in [3.8, 4) is 0 Å². The minimum atomic E-state index is -0.809. The lowest BCUT2D eigenvalue weighted by atomic mass is 9.91. The van der Waals surface area contributed by atoms with Crippen LogP contribution in [0.25, 0.3) is 0 Å². The van der Waals surface area contributed by atoms with Crippen molar-refractivity contribution in [2.24, 2.45) is 5.92 Å². The fourth-order valence-corrected chi connectivity index (χ4v) is 2.53. The van der Waals surface area contributed by atoms with E-state index >= 15 is 0 Å². The Balaban J connectivity index is 1.93. The van der Waals surface area contributed by atoms with Gasteiger partial charge in [-0.25, -0.2) is 0 Å². The third-order valence-electron chi connectivity index (χ3n) is 3.86. The van der Waals surface area contributed by atoms with Gasteiger partial charge in [-0.2, -0.15) is 5.48 Å². The molecule has 2 aromatic carbocycles. The summed E-state index contributed by atoms with van der Waals surface area (Å²) in [5.41, 5.74) is 5.00. The number of benzene rings is 2. The Kier molecular flexibility index (Phi) is 6.78. The molecular formula is C19H23NO3. The molecule has 0 fully saturated rings. The number of carbonyl (C=O) groups is 1. The molecule has 2 rings (SSSR count). The molecule has 0 saturated carbocycles. The summed E-state index contributed by atoms with van der Waals surface area (Å²) in [7, 11) is 0. The summed E-state index contributed by atoms with van der Waals surface area (Å²) in [6.45, 7) is 2.37. The molecule has 0 saturated heterocycles. The SMILES string of the molecule is CC[C@H](NOCc1ccccc1)[C@@H](Cc1ccccc1)C(=O)O. The third kappa shape index (κ3) is 5.51. The molecule has 23 heavy (non-hydrogen) atoms. The lowest BCUT2D eigenvalue weighted by Gasteiger charge is -2.23. The van der Waals surface area contributed by atoms with Crippen LogP contribution in [0.5, 0.6) is 0 Å². The highest BCUT2D eigenvalue weighted by molar-refractivity contribution is 5.71. The van der Waals surface area contributed by atoms with E-state index in [1.807, 2.05) is 67.6 Å². The van der Waals surface area contributed by atoms with Crippen molar-refractivity contribution in [3.05, 3.63) is 71.8 Å². The van der Waals surface area contributed by atoms with E-state index in [4.69, 9.17) is 4.84 Å². The Morgan fingerprint density at radius 3 is 2.13 bits per heavy atom. The molecule has 0 bridgehead atoms. The van der Waals surface area contributed by atoms with Gasteiger partial charge in [0.25, 0.3) is 0 Å². The van der Waals surface area contributed by atoms with E-state index < -0.39 is 11.9 Å². The predicted molar refractivity (Wildman–Crippen MR) is 89.7 cm³/mol. The highest BCUT2D eigenvalue weighted by atomic mass is 16.6. The maximum Gasteiger partial charge on any atom is 0.308 e. The molecular weight excluding hydrogens is 290 g/mol. The van der Waals surface area contributed by atoms with Gasteiger partial charge < -0.3 is 5.11 Å². The van der Waals surface area contributed by atoms with Gasteiger partial charge in [0.15, 0.2) is 0 Å². The van der Waals surface area contributed by atoms with E-state index in [9.17, 15) is 9.90 Å². The van der Waals surface area contributed by atoms with Crippen molar-refractivity contribution >= 4 is 5.97 Å². The first-order valence-corrected chi connectivity index (χ1v) is 7.88. The molecule has 0 aliphatic rings. The summed E-state index contributed by atoms with van der Waals surface area (Å²) in [5, 5.41) is 9.56. The van der Waals surface area contributed by atoms with Crippen molar-refractivity contribution in [3.63, 3.8) is 0 Å². The average molecular weight is 313 g/mol. The van der Waals surface area contributed by atoms with E-state index in [2.05, 4.69) is 5.48 Å². The number of carboxylic acid groups (broad SMARTS) is 1. The van der Waals surface area contributed by atoms with Gasteiger partial charge in [0, 0.05) is 6.04 Å². The minimum absolute atomic E-state index is 0.239. The lowest BCUT2D eigenvalue weighted by Crippen LogP contribution is -2.40. The van der Waals surface area contributed by atoms with Gasteiger partial charge in [0.1, 0.15) is 0 Å². The summed E-state index contributed by atoms with van der Waals surface area (Å²) in [5.74, 6) is -1.34. The first kappa shape index (κ1) is 17.2. The summed E-state index contributed by atoms with van der Waals surface area (Å²) >= 11 is 0. The third-order valence-corrected chi connectivity index (χ3v) is 3.86. The molecule has 2 aromatic rings. The molecule has 0 aliphatic carbocycles. The first-order valence-electron chi connectivity index (χ1n) is 7.88. The van der Waals surface area contributed by atoms with Crippen molar-refractivity contribution in [2.75, 3.05) is 0 Å². The van der Waals surface area contributed by atoms with Crippen LogP contribution in [-0.4, -0.2) is 17.1 Å². The van der Waals surface area contributed by atoms with Crippen LogP contribution in [0, 0.1) is 5.92 Å². The first-order chi connectivity index (χ1) is 11.2. The number of aliphatic carboxylic acids is 1. The monoisotopic (exact) mass is 313 g/mol. The van der Waals surface area contributed by atoms with Crippen LogP contribution in [0.4, 0.5) is 0 Å². The lowest BCUT2D eigenvalue weighted by molar-refractivity contribution is -0.145. The molecule has 0 amide bonds. The summed E-state index contributed by atoms with van der Waals surface area (Å²) < 4.78 is 0. The molecule has 4 heteroatoms. The number of hydrogen-bond acceptors (Lipinski definition) is 3. The van der Waals surface area contributed by atoms with Gasteiger partial charge in [0.05, 0.1) is 12.5 Å². The number of hydrogen-bond donors (Lipinski definition) is 2. The second-order valence-corrected chi connectivity index (χ2v) is 5.54. The molecule has 2 atom stereocenters. The van der Waals surface area contributed by atoms with Crippen LogP contribution in [-0.2, 0) is 22.7 Å². The van der Waals surface area contributed by atoms with E-state index in [-0.39, 0.29) is 6.04 Å². The molecule has 0 unspecified atom stereocenters. The van der Waals surface area contributed by atoms with Gasteiger partial charge in [-0.3, -0.25) is 9.63 Å². The zero-order valence-electron chi connectivity index (χ0n) is 13.3. The number of carboxylic acids is 1. The molecule has 2 N–H and O–H groups in total. The molecule has 0 radical (unpaired) electrons. The van der Waals surface area contributed by atoms with Gasteiger partial charge in [-0.05, 0) is 24.0 Å². The molecule has 0 aliphatic heterocycles. The van der Waals surface area contributed by atoms with E-state index in [0.29, 0.717) is 19.4 Å². The highest BCUT2D eigenvalue weighted by Crippen LogP contribution is 2.16. The second kappa shape index (κ2) is 9.08. The van der Waals surface area contributed by atoms with E-state index in [0.717, 1.165) is 11.1 Å². The van der Waals surface area contributed by atoms with Crippen LogP contribution in [0.3, 0.4) is 0 Å². The van der Waals surface area contributed by atoms with Crippen LogP contribution >= 0.6 is 0 Å². The van der Waals surface area contributed by atoms with E-state index in [1.165, 1.54) is 0 Å². The normalized spacial score (nSPS) is 13.4. The molecule has 4 nitrogen and oxygen atoms in total. The molecule has 0 spiro atoms. The minimum Gasteiger partial charge on any atom is -0.481 e. The molecule has 0 heterocycles. The summed E-state index contributed by atoms with van der Waals surface area (Å²) in [4.78, 5) is 17.2. The topological polar surface area (TPSA) is 58.6 Å². The van der Waals surface area contributed by atoms with E-state index in [1.54, 1.807) is 0 Å². The van der Waals surface area contributed by atoms with Crippen molar-refractivity contribution < 1.29 is 14.7 Å². The molecule has 0 aromatic heterocycles. The smallest absolute Gasteiger partial charge is 0.308 e. The zero-order valence-corrected chi connectivity index (χ0v) is 13.3. The Bertz CT molecular complexity index is 586. The zero-order chi connectivity index (χ0) is 16.5. The van der Waals surface area contributed by atoms with Crippen LogP contribution < -0.4 is 5.48 Å². The quantitative estimate of drug-likeness (QED) is 0.696. The highest BCUT2D eigenvalue weighted by Gasteiger charge is 2.27. The number of nitrogens with one attached hydrogen (secondary N) is 1. The molecule has 122 valence electrons. The Morgan fingerprint density at radius 1 is 1.04 bits per heavy atom. The van der Waals surface area contributed by atoms with Gasteiger partial charge in [-0.15, -0.1) is 0 Å². The van der Waals surface area contributed by atoms with Crippen molar-refractivity contribution in [2.45, 2.75) is 32.4 Å². The van der Waals surface area contributed by atoms with Crippen molar-refractivity contribution in [1.29, 1.82) is 0 Å². The Labute approximate surface area is 137 Å². The summed E-state index contributed by atoms with van der Waals surface area (Å²) in [6, 6.07) is 19.2. The number of rotatable bonds is 9. The average Bonchev–Trinajstić information content (AvgIpc) is 2.59. The Morgan fingerprint density at radius 2 is 1.61 bits per heavy atom. The van der Waals surface area contributed by atoms with Gasteiger partial charge in [0.2, 0.25) is 0 Å². The fraction of sp³-hybridized carbons (Fsp3) is 0.316. The number of hydroxylamine groups is 1. The fourth-order valence-electron chi connectivity index (χ4n) is 2.53.